The van der Waals surface area contributed by atoms with E-state index in [1.165, 1.54) is 199 Å². The number of carbonyl (C=O) groups excluding carboxylic acids is 3. The smallest absolute Gasteiger partial charge is 0.412 e. The molecule has 141 heavy (non-hydrogen) atoms. The highest BCUT2D eigenvalue weighted by Crippen LogP contribution is 2.34. The van der Waals surface area contributed by atoms with Gasteiger partial charge in [-0.15, -0.1) is 0 Å². The molecule has 0 bridgehead atoms. The number of aryl methyl sites for hydroxylation is 6. The number of hydrogen-bond donors (Lipinski definition) is 7. The summed E-state index contributed by atoms with van der Waals surface area (Å²) < 4.78 is 150. The number of amides is 2. The highest BCUT2D eigenvalue weighted by Gasteiger charge is 2.27. The Hall–Kier alpha value is -17.5. The number of halogens is 8. The molecule has 738 valence electrons. The summed E-state index contributed by atoms with van der Waals surface area (Å²) in [6.45, 7) is 15.0. The van der Waals surface area contributed by atoms with Crippen LogP contribution in [0, 0.1) is 93.6 Å². The topological polar surface area (TPSA) is 475 Å². The molecule has 0 atom stereocenters. The number of ether oxygens (including phenoxy) is 9. The maximum Gasteiger partial charge on any atom is 0.412 e. The lowest BCUT2D eigenvalue weighted by Gasteiger charge is -2.20. The minimum Gasteiger partial charge on any atom is -0.494 e. The van der Waals surface area contributed by atoms with E-state index in [4.69, 9.17) is 65.5 Å². The third kappa shape index (κ3) is 25.4. The summed E-state index contributed by atoms with van der Waals surface area (Å²) in [6, 6.07) is 45.0. The molecule has 7 aromatic carbocycles. The van der Waals surface area contributed by atoms with E-state index in [0.29, 0.717) is 38.6 Å². The average Bonchev–Trinajstić information content (AvgIpc) is 0.800. The molecule has 0 unspecified atom stereocenters. The molecule has 0 radical (unpaired) electrons. The van der Waals surface area contributed by atoms with Gasteiger partial charge in [0.05, 0.1) is 79.8 Å². The number of anilines is 5. The zero-order chi connectivity index (χ0) is 105. The van der Waals surface area contributed by atoms with Crippen molar-refractivity contribution in [2.45, 2.75) is 74.3 Å². The minimum absolute atomic E-state index is 0.00326. The molecular weight excluding hydrogens is 1920 g/mol. The lowest BCUT2D eigenvalue weighted by molar-refractivity contribution is -0.142. The van der Waals surface area contributed by atoms with Crippen molar-refractivity contribution in [1.82, 2.24) is 37.4 Å². The number of aromatic carboxylic acids is 1. The lowest BCUT2D eigenvalue weighted by atomic mass is 10.2. The first-order chi connectivity index (χ1) is 66.8. The first-order valence-electron chi connectivity index (χ1n) is 41.3. The number of nitriles is 1. The van der Waals surface area contributed by atoms with Gasteiger partial charge in [-0.2, -0.15) is 5.26 Å². The van der Waals surface area contributed by atoms with Crippen molar-refractivity contribution in [1.29, 1.82) is 5.26 Å². The number of rotatable bonds is 18. The largest absolute Gasteiger partial charge is 0.494 e. The number of fused-ring (bicyclic) bond motifs is 1. The van der Waals surface area contributed by atoms with Crippen LogP contribution in [0.4, 0.5) is 64.0 Å². The fourth-order valence-electron chi connectivity index (χ4n) is 13.5. The normalized spacial score (nSPS) is 10.5. The molecule has 10 N–H and O–H groups in total. The fraction of sp³-hybridized carbons (Fsp3) is 0.194. The van der Waals surface area contributed by atoms with Crippen LogP contribution < -0.4 is 99.9 Å². The molecule has 14 rings (SSSR count). The molecule has 2 amide bonds. The maximum absolute atomic E-state index is 14.3. The molecule has 0 saturated heterocycles. The number of carboxylic acids is 1. The first kappa shape index (κ1) is 109. The van der Waals surface area contributed by atoms with Gasteiger partial charge in [0, 0.05) is 38.6 Å². The molecule has 0 aliphatic carbocycles. The fourth-order valence-corrected chi connectivity index (χ4v) is 14.0. The van der Waals surface area contributed by atoms with Crippen molar-refractivity contribution >= 4 is 79.2 Å². The molecule has 0 aliphatic rings. The van der Waals surface area contributed by atoms with Crippen molar-refractivity contribution in [2.75, 3.05) is 84.7 Å². The number of hydrogen-bond acceptors (Lipinski definition) is 25. The third-order valence-electron chi connectivity index (χ3n) is 20.0. The number of methoxy groups -OCH3 is 8. The van der Waals surface area contributed by atoms with E-state index >= 15 is 0 Å². The third-order valence-corrected chi connectivity index (χ3v) is 20.7. The Bertz CT molecular complexity index is 7600. The number of para-hydroxylation sites is 7. The molecule has 0 saturated carbocycles. The number of nitrogen functional groups attached to an aromatic ring is 3. The van der Waals surface area contributed by atoms with Crippen LogP contribution in [-0.4, -0.2) is 129 Å². The molecule has 7 heterocycles. The van der Waals surface area contributed by atoms with Gasteiger partial charge >= 0.3 is 18.0 Å². The van der Waals surface area contributed by atoms with E-state index in [2.05, 4.69) is 41.3 Å². The molecule has 7 aromatic heterocycles. The van der Waals surface area contributed by atoms with Crippen molar-refractivity contribution in [3.63, 3.8) is 0 Å². The van der Waals surface area contributed by atoms with Crippen LogP contribution in [0.5, 0.6) is 40.2 Å². The number of carbonyl (C=O) groups is 4. The van der Waals surface area contributed by atoms with Gasteiger partial charge in [0.1, 0.15) is 126 Å². The number of pyridine rings is 6. The van der Waals surface area contributed by atoms with E-state index in [9.17, 15) is 83.5 Å². The van der Waals surface area contributed by atoms with Gasteiger partial charge in [0.15, 0.2) is 40.7 Å². The van der Waals surface area contributed by atoms with E-state index in [1.54, 1.807) is 111 Å². The molecule has 0 fully saturated rings. The standard InChI is InChI=1S/C18H21FN2O4.C15H12FN3O3.C14H12FN3O2.C14H12FNO4.C13H12BrFN2O2.C13H13FN2O2.C11H12FNO4/c1-11-9-10-13(20-17(23)25-18(2,3)4)16(22)21(11)15-12(19)7-6-8-14(15)24-5;1-8-6-9-12(17-7-18-14(9)20)15(21)19(8)13-10(16)4-3-5-11(13)22-2;1-8-6-9(7-16)12(17)14(19)18(8)13-10(15)4-3-5-11(13)20-2;1-8-6-7-9(14(18)19)13(17)16(8)12-10(15)4-3-5-11(12)20-2;1-7-6-8(14)11(16)13(18)17(7)12-9(15)4-3-5-10(12)19-2;1-8-6-7-10(15)13(17)16(8)12-9(14)4-3-5-11(12)18-2;1-16-8-5-3-4-7(12)11(8)13-9(14)6-10(15)17-2/h6-10H,1-5H3,(H,20,23);3-7H,1-2H3,(H,17,18,20);3-6H,17H2,1-2H3;3-7H,1-2H3,(H,18,19);3-6H,16H2,1-2H3;3-7H,15H2,1-2H3;3-5H,6H2,1-2H3,(H,13,14). The summed E-state index contributed by atoms with van der Waals surface area (Å²) in [6.07, 6.45) is -0.0984. The molecule has 35 nitrogen and oxygen atoms in total. The lowest BCUT2D eigenvalue weighted by Crippen LogP contribution is -2.31. The van der Waals surface area contributed by atoms with Gasteiger partial charge < -0.3 is 75.2 Å². The van der Waals surface area contributed by atoms with Crippen molar-refractivity contribution in [3.05, 3.63) is 351 Å². The summed E-state index contributed by atoms with van der Waals surface area (Å²) in [5.41, 5.74) is 14.4. The number of esters is 1. The van der Waals surface area contributed by atoms with E-state index in [-0.39, 0.29) is 119 Å². The van der Waals surface area contributed by atoms with Gasteiger partial charge in [0.2, 0.25) is 5.91 Å². The van der Waals surface area contributed by atoms with Gasteiger partial charge in [-0.05, 0) is 218 Å². The van der Waals surface area contributed by atoms with Crippen molar-refractivity contribution < 1.29 is 97.6 Å². The number of benzene rings is 7. The Morgan fingerprint density at radius 2 is 0.780 bits per heavy atom. The summed E-state index contributed by atoms with van der Waals surface area (Å²) >= 11 is 3.19. The molecule has 43 heteroatoms. The summed E-state index contributed by atoms with van der Waals surface area (Å²) in [4.78, 5) is 137. The van der Waals surface area contributed by atoms with Crippen molar-refractivity contribution in [2.24, 2.45) is 0 Å². The van der Waals surface area contributed by atoms with Crippen LogP contribution in [-0.2, 0) is 19.1 Å². The molecular formula is C98H94BrF7N14O21. The Balaban J connectivity index is 0.000000202. The number of aromatic amines is 1. The monoisotopic (exact) mass is 2010 g/mol. The van der Waals surface area contributed by atoms with Crippen LogP contribution in [0.2, 0.25) is 0 Å². The Morgan fingerprint density at radius 3 is 1.17 bits per heavy atom. The van der Waals surface area contributed by atoms with Gasteiger partial charge in [-0.3, -0.25) is 75.9 Å². The SMILES string of the molecule is COC(=O)CC(=O)Nc1c(F)cccc1OC.COc1cccc(F)c1-n1c(C)cc(Br)c(N)c1=O.COc1cccc(F)c1-n1c(C)cc(C#N)c(N)c1=O.COc1cccc(F)c1-n1c(C)cc2c(=O)[nH]cnc2c1=O.COc1cccc(F)c1-n1c(C)ccc(C(=O)O)c1=O.COc1cccc(F)c1-n1c(C)ccc(N)c1=O.COc1cccc(F)c1-n1c(C)ccc(NC(=O)OC(C)(C)C)c1=O. The Morgan fingerprint density at radius 1 is 0.433 bits per heavy atom. The molecule has 0 spiro atoms. The number of nitrogens with one attached hydrogen (secondary N) is 3. The van der Waals surface area contributed by atoms with Crippen LogP contribution in [0.25, 0.3) is 45.0 Å². The second kappa shape index (κ2) is 48.3. The number of nitrogens with two attached hydrogens (primary N) is 3. The van der Waals surface area contributed by atoms with Crippen LogP contribution in [0.1, 0.15) is 77.3 Å². The number of H-pyrrole nitrogens is 1. The number of carboxylic acid groups (broad SMARTS) is 1. The summed E-state index contributed by atoms with van der Waals surface area (Å²) in [5.74, 6) is -5.42. The molecule has 0 aliphatic heterocycles. The van der Waals surface area contributed by atoms with Gasteiger partial charge in [-0.1, -0.05) is 42.5 Å². The highest BCUT2D eigenvalue weighted by molar-refractivity contribution is 9.10. The zero-order valence-corrected chi connectivity index (χ0v) is 80.1. The second-order valence-corrected chi connectivity index (χ2v) is 31.3. The molecule has 14 aromatic rings. The summed E-state index contributed by atoms with van der Waals surface area (Å²) in [7, 11) is 10.9. The van der Waals surface area contributed by atoms with E-state index in [0.717, 1.165) is 24.6 Å². The van der Waals surface area contributed by atoms with Crippen molar-refractivity contribution in [3.8, 4) is 80.4 Å². The number of aromatic nitrogens is 8. The van der Waals surface area contributed by atoms with E-state index < -0.39 is 121 Å². The van der Waals surface area contributed by atoms with Crippen LogP contribution >= 0.6 is 15.9 Å². The minimum atomic E-state index is -1.36. The number of nitrogens with zero attached hydrogens (tertiary/aromatic N) is 8. The first-order valence-corrected chi connectivity index (χ1v) is 42.1. The predicted molar refractivity (Wildman–Crippen MR) is 516 cm³/mol. The quantitative estimate of drug-likeness (QED) is 0.0238. The van der Waals surface area contributed by atoms with Crippen LogP contribution in [0.15, 0.2) is 226 Å². The predicted octanol–water partition coefficient (Wildman–Crippen LogP) is 14.8. The average molecular weight is 2020 g/mol. The maximum atomic E-state index is 14.3. The highest BCUT2D eigenvalue weighted by atomic mass is 79.9. The van der Waals surface area contributed by atoms with E-state index in [1.807, 2.05) is 6.07 Å². The van der Waals surface area contributed by atoms with Gasteiger partial charge in [-0.25, -0.2) is 45.3 Å². The van der Waals surface area contributed by atoms with Gasteiger partial charge in [0.25, 0.3) is 38.9 Å². The zero-order valence-electron chi connectivity index (χ0n) is 78.6. The Labute approximate surface area is 806 Å². The van der Waals surface area contributed by atoms with Crippen LogP contribution in [0.3, 0.4) is 0 Å². The Kier molecular flexibility index (Phi) is 37.3. The summed E-state index contributed by atoms with van der Waals surface area (Å²) in [5, 5.41) is 22.7. The second-order valence-electron chi connectivity index (χ2n) is 30.4.